The number of pyridine rings is 1. The van der Waals surface area contributed by atoms with Crippen LogP contribution >= 0.6 is 15.9 Å². The Kier molecular flexibility index (Phi) is 6.70. The van der Waals surface area contributed by atoms with Crippen molar-refractivity contribution in [1.82, 2.24) is 15.2 Å². The molecule has 1 atom stereocenters. The molecule has 1 heterocycles. The fourth-order valence-electron chi connectivity index (χ4n) is 1.75. The maximum absolute atomic E-state index is 4.35. The Morgan fingerprint density at radius 3 is 2.71 bits per heavy atom. The largest absolute Gasteiger partial charge is 0.307 e. The molecule has 1 unspecified atom stereocenters. The fourth-order valence-corrected chi connectivity index (χ4v) is 2.15. The molecule has 0 spiro atoms. The molecule has 0 bridgehead atoms. The molecule has 0 aromatic carbocycles. The van der Waals surface area contributed by atoms with Crippen LogP contribution in [-0.2, 0) is 6.54 Å². The van der Waals surface area contributed by atoms with E-state index >= 15 is 0 Å². The van der Waals surface area contributed by atoms with Gasteiger partial charge in [-0.3, -0.25) is 4.98 Å². The van der Waals surface area contributed by atoms with E-state index in [1.54, 1.807) is 0 Å². The Balaban J connectivity index is 2.38. The van der Waals surface area contributed by atoms with Crippen LogP contribution in [0, 0.1) is 0 Å². The van der Waals surface area contributed by atoms with Crippen LogP contribution in [0.1, 0.15) is 26.5 Å². The quantitative estimate of drug-likeness (QED) is 0.839. The summed E-state index contributed by atoms with van der Waals surface area (Å²) >= 11 is 3.51. The Morgan fingerprint density at radius 2 is 2.12 bits per heavy atom. The first kappa shape index (κ1) is 14.6. The predicted octanol–water partition coefficient (Wildman–Crippen LogP) is 2.66. The number of likely N-dealkylation sites (N-methyl/N-ethyl adjacent to an activating group) is 1. The molecule has 0 saturated heterocycles. The van der Waals surface area contributed by atoms with E-state index in [2.05, 4.69) is 51.9 Å². The van der Waals surface area contributed by atoms with Crippen molar-refractivity contribution in [2.45, 2.75) is 33.4 Å². The molecule has 0 aliphatic rings. The van der Waals surface area contributed by atoms with Crippen molar-refractivity contribution >= 4 is 15.9 Å². The van der Waals surface area contributed by atoms with E-state index in [0.717, 1.165) is 36.3 Å². The van der Waals surface area contributed by atoms with Crippen molar-refractivity contribution in [3.8, 4) is 0 Å². The van der Waals surface area contributed by atoms with Gasteiger partial charge in [-0.1, -0.05) is 13.8 Å². The van der Waals surface area contributed by atoms with Crippen LogP contribution in [0.15, 0.2) is 22.8 Å². The molecule has 0 aliphatic carbocycles. The fraction of sp³-hybridized carbons (Fsp3) is 0.615. The molecule has 0 amide bonds. The lowest BCUT2D eigenvalue weighted by Crippen LogP contribution is -2.38. The summed E-state index contributed by atoms with van der Waals surface area (Å²) in [6.45, 7) is 10.7. The van der Waals surface area contributed by atoms with Crippen LogP contribution in [0.4, 0.5) is 0 Å². The van der Waals surface area contributed by atoms with Gasteiger partial charge in [0.05, 0.1) is 5.69 Å². The molecule has 1 aromatic heterocycles. The van der Waals surface area contributed by atoms with Gasteiger partial charge in [-0.15, -0.1) is 0 Å². The number of rotatable bonds is 7. The summed E-state index contributed by atoms with van der Waals surface area (Å²) < 4.78 is 1.07. The van der Waals surface area contributed by atoms with Crippen molar-refractivity contribution in [2.24, 2.45) is 0 Å². The molecular weight excluding hydrogens is 278 g/mol. The van der Waals surface area contributed by atoms with E-state index in [1.807, 2.05) is 18.3 Å². The van der Waals surface area contributed by atoms with E-state index in [1.165, 1.54) is 0 Å². The minimum atomic E-state index is 0.476. The summed E-state index contributed by atoms with van der Waals surface area (Å²) in [6, 6.07) is 4.44. The summed E-state index contributed by atoms with van der Waals surface area (Å²) in [5, 5.41) is 3.50. The lowest BCUT2D eigenvalue weighted by atomic mass is 10.2. The lowest BCUT2D eigenvalue weighted by molar-refractivity contribution is 0.270. The second-order valence-electron chi connectivity index (χ2n) is 4.20. The highest BCUT2D eigenvalue weighted by molar-refractivity contribution is 9.10. The third-order valence-electron chi connectivity index (χ3n) is 2.88. The zero-order chi connectivity index (χ0) is 12.7. The van der Waals surface area contributed by atoms with E-state index in [4.69, 9.17) is 0 Å². The van der Waals surface area contributed by atoms with Gasteiger partial charge in [0.2, 0.25) is 0 Å². The lowest BCUT2D eigenvalue weighted by Gasteiger charge is -2.23. The Morgan fingerprint density at radius 1 is 1.41 bits per heavy atom. The van der Waals surface area contributed by atoms with E-state index in [-0.39, 0.29) is 0 Å². The highest BCUT2D eigenvalue weighted by Gasteiger charge is 2.07. The van der Waals surface area contributed by atoms with Crippen LogP contribution in [0.5, 0.6) is 0 Å². The summed E-state index contributed by atoms with van der Waals surface area (Å²) in [5.41, 5.74) is 1.07. The number of halogens is 1. The zero-order valence-electron chi connectivity index (χ0n) is 10.9. The first-order valence-electron chi connectivity index (χ1n) is 6.22. The van der Waals surface area contributed by atoms with Gasteiger partial charge in [0.1, 0.15) is 0 Å². The minimum Gasteiger partial charge on any atom is -0.307 e. The van der Waals surface area contributed by atoms with Crippen LogP contribution in [0.2, 0.25) is 0 Å². The molecule has 96 valence electrons. The van der Waals surface area contributed by atoms with Gasteiger partial charge in [-0.2, -0.15) is 0 Å². The maximum Gasteiger partial charge on any atom is 0.0683 e. The molecule has 1 aromatic rings. The van der Waals surface area contributed by atoms with Gasteiger partial charge in [-0.25, -0.2) is 0 Å². The number of hydrogen-bond acceptors (Lipinski definition) is 3. The van der Waals surface area contributed by atoms with E-state index < -0.39 is 0 Å². The summed E-state index contributed by atoms with van der Waals surface area (Å²) in [5.74, 6) is 0. The first-order valence-corrected chi connectivity index (χ1v) is 7.01. The number of aromatic nitrogens is 1. The molecule has 0 saturated carbocycles. The van der Waals surface area contributed by atoms with Crippen LogP contribution in [0.3, 0.4) is 0 Å². The van der Waals surface area contributed by atoms with Crippen molar-refractivity contribution in [1.29, 1.82) is 0 Å². The Bertz CT molecular complexity index is 326. The second-order valence-corrected chi connectivity index (χ2v) is 5.05. The van der Waals surface area contributed by atoms with Gasteiger partial charge in [0.25, 0.3) is 0 Å². The number of nitrogens with one attached hydrogen (secondary N) is 1. The molecule has 1 N–H and O–H groups in total. The number of nitrogens with zero attached hydrogens (tertiary/aromatic N) is 2. The topological polar surface area (TPSA) is 28.2 Å². The minimum absolute atomic E-state index is 0.476. The summed E-state index contributed by atoms with van der Waals surface area (Å²) in [4.78, 5) is 6.77. The average Bonchev–Trinajstić information content (AvgIpc) is 2.35. The van der Waals surface area contributed by atoms with Crippen LogP contribution in [-0.4, -0.2) is 35.6 Å². The van der Waals surface area contributed by atoms with Gasteiger partial charge in [-0.05, 0) is 48.1 Å². The Hall–Kier alpha value is -0.450. The summed E-state index contributed by atoms with van der Waals surface area (Å²) in [6.07, 6.45) is 1.83. The van der Waals surface area contributed by atoms with E-state index in [9.17, 15) is 0 Å². The van der Waals surface area contributed by atoms with Gasteiger partial charge in [0, 0.05) is 29.8 Å². The zero-order valence-corrected chi connectivity index (χ0v) is 12.5. The maximum atomic E-state index is 4.35. The highest BCUT2D eigenvalue weighted by atomic mass is 79.9. The standard InChI is InChI=1S/C13H22BrN3/c1-4-17(5-2)10-11(3)16-9-13-12(14)7-6-8-15-13/h6-8,11,16H,4-5,9-10H2,1-3H3. The molecule has 1 rings (SSSR count). The molecule has 0 aliphatic heterocycles. The van der Waals surface area contributed by atoms with Crippen molar-refractivity contribution in [3.63, 3.8) is 0 Å². The van der Waals surface area contributed by atoms with Gasteiger partial charge >= 0.3 is 0 Å². The Labute approximate surface area is 113 Å². The monoisotopic (exact) mass is 299 g/mol. The molecule has 3 nitrogen and oxygen atoms in total. The van der Waals surface area contributed by atoms with Crippen molar-refractivity contribution in [2.75, 3.05) is 19.6 Å². The van der Waals surface area contributed by atoms with Gasteiger partial charge in [0.15, 0.2) is 0 Å². The predicted molar refractivity (Wildman–Crippen MR) is 76.0 cm³/mol. The smallest absolute Gasteiger partial charge is 0.0683 e. The molecule has 4 heteroatoms. The van der Waals surface area contributed by atoms with Crippen LogP contribution in [0.25, 0.3) is 0 Å². The van der Waals surface area contributed by atoms with Crippen molar-refractivity contribution < 1.29 is 0 Å². The number of hydrogen-bond donors (Lipinski definition) is 1. The molecule has 0 fully saturated rings. The van der Waals surface area contributed by atoms with E-state index in [0.29, 0.717) is 6.04 Å². The highest BCUT2D eigenvalue weighted by Crippen LogP contribution is 2.12. The normalized spacial score (nSPS) is 13.0. The SMILES string of the molecule is CCN(CC)CC(C)NCc1ncccc1Br. The third-order valence-corrected chi connectivity index (χ3v) is 3.60. The molecule has 17 heavy (non-hydrogen) atoms. The molecular formula is C13H22BrN3. The summed E-state index contributed by atoms with van der Waals surface area (Å²) in [7, 11) is 0. The third kappa shape index (κ3) is 5.15. The first-order chi connectivity index (χ1) is 8.17. The van der Waals surface area contributed by atoms with Crippen LogP contribution < -0.4 is 5.32 Å². The van der Waals surface area contributed by atoms with Crippen molar-refractivity contribution in [3.05, 3.63) is 28.5 Å². The molecule has 0 radical (unpaired) electrons. The van der Waals surface area contributed by atoms with Gasteiger partial charge < -0.3 is 10.2 Å². The average molecular weight is 300 g/mol. The second kappa shape index (κ2) is 7.80.